The Morgan fingerprint density at radius 1 is 1.12 bits per heavy atom. The fourth-order valence-electron chi connectivity index (χ4n) is 4.78. The maximum atomic E-state index is 12.9. The zero-order chi connectivity index (χ0) is 18.1. The third-order valence-corrected chi connectivity index (χ3v) is 6.28. The molecule has 1 aromatic carbocycles. The van der Waals surface area contributed by atoms with Gasteiger partial charge in [0.15, 0.2) is 0 Å². The number of nitrogens with zero attached hydrogens (tertiary/aromatic N) is 1. The normalized spacial score (nSPS) is 31.6. The van der Waals surface area contributed by atoms with E-state index >= 15 is 0 Å². The fraction of sp³-hybridized carbons (Fsp3) is 0.619. The van der Waals surface area contributed by atoms with E-state index in [2.05, 4.69) is 10.6 Å². The third-order valence-electron chi connectivity index (χ3n) is 6.28. The number of benzene rings is 1. The van der Waals surface area contributed by atoms with E-state index in [9.17, 15) is 9.59 Å². The molecule has 2 aliphatic heterocycles. The molecule has 1 aromatic rings. The largest absolute Gasteiger partial charge is 0.343 e. The van der Waals surface area contributed by atoms with Gasteiger partial charge in [-0.25, -0.2) is 0 Å². The Kier molecular flexibility index (Phi) is 4.98. The van der Waals surface area contributed by atoms with Gasteiger partial charge < -0.3 is 15.5 Å². The molecule has 3 fully saturated rings. The summed E-state index contributed by atoms with van der Waals surface area (Å²) >= 11 is 0. The van der Waals surface area contributed by atoms with E-state index in [-0.39, 0.29) is 17.9 Å². The van der Waals surface area contributed by atoms with E-state index in [4.69, 9.17) is 0 Å². The Bertz CT molecular complexity index is 658. The summed E-state index contributed by atoms with van der Waals surface area (Å²) in [4.78, 5) is 27.5. The molecule has 140 valence electrons. The minimum absolute atomic E-state index is 0.00325. The number of piperidine rings is 1. The lowest BCUT2D eigenvalue weighted by atomic mass is 9.85. The van der Waals surface area contributed by atoms with E-state index in [1.54, 1.807) is 0 Å². The number of carbonyl (C=O) groups excluding carboxylic acids is 2. The lowest BCUT2D eigenvalue weighted by molar-refractivity contribution is -0.129. The maximum absolute atomic E-state index is 12.9. The summed E-state index contributed by atoms with van der Waals surface area (Å²) in [6.45, 7) is 2.76. The van der Waals surface area contributed by atoms with Gasteiger partial charge in [-0.05, 0) is 57.1 Å². The van der Waals surface area contributed by atoms with Crippen LogP contribution in [-0.4, -0.2) is 36.5 Å². The quantitative estimate of drug-likeness (QED) is 0.876. The van der Waals surface area contributed by atoms with Crippen LogP contribution in [0, 0.1) is 12.8 Å². The Morgan fingerprint density at radius 2 is 1.88 bits per heavy atom. The molecule has 4 atom stereocenters. The molecule has 2 heterocycles. The second-order valence-corrected chi connectivity index (χ2v) is 8.13. The standard InChI is InChI=1S/C21H29N3O2/c1-14-8-10-16(11-9-14)24-12-4-7-18(21(24)26)23-20(25)19-13-15-5-2-3-6-17(15)22-19/h8-11,15,17-19,22H,2-7,12-13H2,1H3,(H,23,25). The summed E-state index contributed by atoms with van der Waals surface area (Å²) < 4.78 is 0. The third kappa shape index (κ3) is 3.50. The molecule has 5 nitrogen and oxygen atoms in total. The van der Waals surface area contributed by atoms with Crippen LogP contribution < -0.4 is 15.5 Å². The molecule has 5 heteroatoms. The molecular formula is C21H29N3O2. The number of hydrogen-bond acceptors (Lipinski definition) is 3. The number of hydrogen-bond donors (Lipinski definition) is 2. The van der Waals surface area contributed by atoms with Crippen molar-refractivity contribution in [2.75, 3.05) is 11.4 Å². The molecule has 1 saturated carbocycles. The summed E-state index contributed by atoms with van der Waals surface area (Å²) in [6, 6.07) is 7.98. The fourth-order valence-corrected chi connectivity index (χ4v) is 4.78. The molecule has 0 spiro atoms. The zero-order valence-corrected chi connectivity index (χ0v) is 15.5. The number of fused-ring (bicyclic) bond motifs is 1. The highest BCUT2D eigenvalue weighted by Gasteiger charge is 2.40. The Labute approximate surface area is 155 Å². The van der Waals surface area contributed by atoms with Gasteiger partial charge in [-0.3, -0.25) is 9.59 Å². The molecule has 1 aliphatic carbocycles. The predicted molar refractivity (Wildman–Crippen MR) is 102 cm³/mol. The number of amides is 2. The van der Waals surface area contributed by atoms with Crippen LogP contribution in [-0.2, 0) is 9.59 Å². The van der Waals surface area contributed by atoms with Crippen molar-refractivity contribution in [3.05, 3.63) is 29.8 Å². The SMILES string of the molecule is Cc1ccc(N2CCCC(NC(=O)C3CC4CCCCC4N3)C2=O)cc1. The van der Waals surface area contributed by atoms with Gasteiger partial charge in [0.25, 0.3) is 0 Å². The Hall–Kier alpha value is -1.88. The maximum Gasteiger partial charge on any atom is 0.249 e. The first-order valence-electron chi connectivity index (χ1n) is 10.1. The number of nitrogens with one attached hydrogen (secondary N) is 2. The Morgan fingerprint density at radius 3 is 2.65 bits per heavy atom. The summed E-state index contributed by atoms with van der Waals surface area (Å²) in [5, 5.41) is 6.55. The van der Waals surface area contributed by atoms with Gasteiger partial charge in [-0.2, -0.15) is 0 Å². The number of rotatable bonds is 3. The van der Waals surface area contributed by atoms with E-state index in [0.717, 1.165) is 31.5 Å². The molecule has 2 N–H and O–H groups in total. The summed E-state index contributed by atoms with van der Waals surface area (Å²) in [6.07, 6.45) is 7.50. The van der Waals surface area contributed by atoms with E-state index in [1.165, 1.54) is 31.2 Å². The van der Waals surface area contributed by atoms with Crippen molar-refractivity contribution in [3.63, 3.8) is 0 Å². The molecule has 2 amide bonds. The average Bonchev–Trinajstić information content (AvgIpc) is 3.09. The van der Waals surface area contributed by atoms with Crippen LogP contribution >= 0.6 is 0 Å². The summed E-state index contributed by atoms with van der Waals surface area (Å²) in [7, 11) is 0. The van der Waals surface area contributed by atoms with Crippen molar-refractivity contribution in [1.29, 1.82) is 0 Å². The van der Waals surface area contributed by atoms with E-state index in [1.807, 2.05) is 36.1 Å². The topological polar surface area (TPSA) is 61.4 Å². The van der Waals surface area contributed by atoms with Gasteiger partial charge >= 0.3 is 0 Å². The smallest absolute Gasteiger partial charge is 0.249 e. The highest BCUT2D eigenvalue weighted by molar-refractivity contribution is 6.00. The lowest BCUT2D eigenvalue weighted by Gasteiger charge is -2.33. The zero-order valence-electron chi connectivity index (χ0n) is 15.5. The van der Waals surface area contributed by atoms with Crippen LogP contribution in [0.2, 0.25) is 0 Å². The second kappa shape index (κ2) is 7.39. The predicted octanol–water partition coefficient (Wildman–Crippen LogP) is 2.53. The Balaban J connectivity index is 1.39. The van der Waals surface area contributed by atoms with Gasteiger partial charge in [-0.1, -0.05) is 30.5 Å². The highest BCUT2D eigenvalue weighted by Crippen LogP contribution is 2.33. The molecule has 0 radical (unpaired) electrons. The van der Waals surface area contributed by atoms with Gasteiger partial charge in [0.05, 0.1) is 6.04 Å². The molecule has 0 aromatic heterocycles. The number of anilines is 1. The molecule has 26 heavy (non-hydrogen) atoms. The molecule has 3 aliphatic rings. The first-order valence-corrected chi connectivity index (χ1v) is 10.1. The lowest BCUT2D eigenvalue weighted by Crippen LogP contribution is -2.55. The van der Waals surface area contributed by atoms with Crippen LogP contribution in [0.4, 0.5) is 5.69 Å². The molecule has 4 unspecified atom stereocenters. The monoisotopic (exact) mass is 355 g/mol. The number of aryl methyl sites for hydroxylation is 1. The first kappa shape index (κ1) is 17.5. The van der Waals surface area contributed by atoms with Crippen LogP contribution in [0.1, 0.15) is 50.5 Å². The van der Waals surface area contributed by atoms with Gasteiger partial charge in [0, 0.05) is 18.3 Å². The van der Waals surface area contributed by atoms with Crippen LogP contribution in [0.15, 0.2) is 24.3 Å². The first-order chi connectivity index (χ1) is 12.6. The van der Waals surface area contributed by atoms with Gasteiger partial charge in [-0.15, -0.1) is 0 Å². The summed E-state index contributed by atoms with van der Waals surface area (Å²) in [5.74, 6) is 0.651. The van der Waals surface area contributed by atoms with Crippen LogP contribution in [0.3, 0.4) is 0 Å². The average molecular weight is 355 g/mol. The number of carbonyl (C=O) groups is 2. The molecule has 2 saturated heterocycles. The minimum Gasteiger partial charge on any atom is -0.343 e. The minimum atomic E-state index is -0.401. The van der Waals surface area contributed by atoms with Crippen molar-refractivity contribution >= 4 is 17.5 Å². The van der Waals surface area contributed by atoms with Crippen LogP contribution in [0.5, 0.6) is 0 Å². The summed E-state index contributed by atoms with van der Waals surface area (Å²) in [5.41, 5.74) is 2.10. The highest BCUT2D eigenvalue weighted by atomic mass is 16.2. The molecule has 0 bridgehead atoms. The molecule has 4 rings (SSSR count). The van der Waals surface area contributed by atoms with Crippen molar-refractivity contribution in [2.45, 2.75) is 70.0 Å². The second-order valence-electron chi connectivity index (χ2n) is 8.13. The van der Waals surface area contributed by atoms with Crippen molar-refractivity contribution in [1.82, 2.24) is 10.6 Å². The van der Waals surface area contributed by atoms with E-state index < -0.39 is 6.04 Å². The van der Waals surface area contributed by atoms with Crippen molar-refractivity contribution < 1.29 is 9.59 Å². The van der Waals surface area contributed by atoms with Crippen LogP contribution in [0.25, 0.3) is 0 Å². The van der Waals surface area contributed by atoms with Gasteiger partial charge in [0.1, 0.15) is 6.04 Å². The van der Waals surface area contributed by atoms with Gasteiger partial charge in [0.2, 0.25) is 11.8 Å². The molecular weight excluding hydrogens is 326 g/mol. The van der Waals surface area contributed by atoms with Crippen molar-refractivity contribution in [3.8, 4) is 0 Å². The van der Waals surface area contributed by atoms with E-state index in [0.29, 0.717) is 12.0 Å². The van der Waals surface area contributed by atoms with Crippen molar-refractivity contribution in [2.24, 2.45) is 5.92 Å².